The molecule has 0 unspecified atom stereocenters. The van der Waals surface area contributed by atoms with Crippen LogP contribution in [0.15, 0.2) is 46.7 Å². The van der Waals surface area contributed by atoms with E-state index < -0.39 is 0 Å². The van der Waals surface area contributed by atoms with Crippen LogP contribution >= 0.6 is 11.8 Å². The molecule has 1 aromatic heterocycles. The summed E-state index contributed by atoms with van der Waals surface area (Å²) in [6.45, 7) is 0.640. The molecule has 2 aromatic rings. The van der Waals surface area contributed by atoms with Crippen LogP contribution in [0.1, 0.15) is 5.56 Å². The number of nitrogens with one attached hydrogen (secondary N) is 1. The van der Waals surface area contributed by atoms with E-state index in [1.807, 2.05) is 13.1 Å². The molecule has 0 aliphatic heterocycles. The van der Waals surface area contributed by atoms with Gasteiger partial charge in [-0.05, 0) is 48.6 Å². The van der Waals surface area contributed by atoms with E-state index in [4.69, 9.17) is 0 Å². The molecule has 0 saturated heterocycles. The highest BCUT2D eigenvalue weighted by molar-refractivity contribution is 7.99. The first-order valence-corrected chi connectivity index (χ1v) is 5.98. The van der Waals surface area contributed by atoms with Gasteiger partial charge in [-0.25, -0.2) is 14.4 Å². The summed E-state index contributed by atoms with van der Waals surface area (Å²) in [5.41, 5.74) is 0.908. The molecule has 1 heterocycles. The SMILES string of the molecule is CNCc1cc(F)cc(Sc2ncccn2)c1. The van der Waals surface area contributed by atoms with Crippen molar-refractivity contribution in [1.82, 2.24) is 15.3 Å². The zero-order valence-electron chi connectivity index (χ0n) is 9.35. The molecular weight excluding hydrogens is 237 g/mol. The Kier molecular flexibility index (Phi) is 4.06. The second-order valence-electron chi connectivity index (χ2n) is 3.46. The molecule has 1 N–H and O–H groups in total. The van der Waals surface area contributed by atoms with Crippen LogP contribution in [-0.2, 0) is 6.54 Å². The molecule has 0 bridgehead atoms. The van der Waals surface area contributed by atoms with Crippen LogP contribution in [0.4, 0.5) is 4.39 Å². The van der Waals surface area contributed by atoms with Gasteiger partial charge in [-0.15, -0.1) is 0 Å². The maximum absolute atomic E-state index is 13.4. The maximum atomic E-state index is 13.4. The lowest BCUT2D eigenvalue weighted by molar-refractivity contribution is 0.619. The molecule has 88 valence electrons. The van der Waals surface area contributed by atoms with Crippen LogP contribution in [0.25, 0.3) is 0 Å². The number of hydrogen-bond donors (Lipinski definition) is 1. The highest BCUT2D eigenvalue weighted by Crippen LogP contribution is 2.25. The minimum absolute atomic E-state index is 0.240. The number of nitrogens with zero attached hydrogens (tertiary/aromatic N) is 2. The molecule has 0 radical (unpaired) electrons. The van der Waals surface area contributed by atoms with Gasteiger partial charge in [0.2, 0.25) is 0 Å². The van der Waals surface area contributed by atoms with E-state index in [0.29, 0.717) is 11.7 Å². The zero-order valence-corrected chi connectivity index (χ0v) is 10.2. The lowest BCUT2D eigenvalue weighted by Crippen LogP contribution is -2.05. The van der Waals surface area contributed by atoms with E-state index in [-0.39, 0.29) is 5.82 Å². The third-order valence-corrected chi connectivity index (χ3v) is 2.93. The molecule has 17 heavy (non-hydrogen) atoms. The molecule has 0 atom stereocenters. The summed E-state index contributed by atoms with van der Waals surface area (Å²) in [5.74, 6) is -0.240. The number of rotatable bonds is 4. The molecule has 5 heteroatoms. The molecule has 2 rings (SSSR count). The van der Waals surface area contributed by atoms with Gasteiger partial charge in [0.1, 0.15) is 5.82 Å². The minimum atomic E-state index is -0.240. The molecule has 0 saturated carbocycles. The van der Waals surface area contributed by atoms with E-state index >= 15 is 0 Å². The van der Waals surface area contributed by atoms with Gasteiger partial charge in [0.05, 0.1) is 0 Å². The molecule has 1 aromatic carbocycles. The summed E-state index contributed by atoms with van der Waals surface area (Å²) in [6.07, 6.45) is 3.34. The normalized spacial score (nSPS) is 10.5. The van der Waals surface area contributed by atoms with Gasteiger partial charge in [0.15, 0.2) is 5.16 Å². The van der Waals surface area contributed by atoms with E-state index in [9.17, 15) is 4.39 Å². The molecule has 3 nitrogen and oxygen atoms in total. The lowest BCUT2D eigenvalue weighted by atomic mass is 10.2. The van der Waals surface area contributed by atoms with Crippen LogP contribution < -0.4 is 5.32 Å². The minimum Gasteiger partial charge on any atom is -0.316 e. The van der Waals surface area contributed by atoms with Crippen molar-refractivity contribution in [2.75, 3.05) is 7.05 Å². The summed E-state index contributed by atoms with van der Waals surface area (Å²) in [6, 6.07) is 6.69. The largest absolute Gasteiger partial charge is 0.316 e. The van der Waals surface area contributed by atoms with Gasteiger partial charge in [-0.2, -0.15) is 0 Å². The van der Waals surface area contributed by atoms with Crippen molar-refractivity contribution in [3.8, 4) is 0 Å². The Morgan fingerprint density at radius 3 is 2.71 bits per heavy atom. The van der Waals surface area contributed by atoms with Crippen molar-refractivity contribution in [3.05, 3.63) is 48.0 Å². The second-order valence-corrected chi connectivity index (χ2v) is 4.50. The Balaban J connectivity index is 2.21. The molecular formula is C12H12FN3S. The molecule has 0 spiro atoms. The van der Waals surface area contributed by atoms with Crippen molar-refractivity contribution in [2.24, 2.45) is 0 Å². The topological polar surface area (TPSA) is 37.8 Å². The van der Waals surface area contributed by atoms with Gasteiger partial charge in [0, 0.05) is 23.8 Å². The van der Waals surface area contributed by atoms with Crippen molar-refractivity contribution in [3.63, 3.8) is 0 Å². The van der Waals surface area contributed by atoms with E-state index in [0.717, 1.165) is 10.5 Å². The standard InChI is InChI=1S/C12H12FN3S/c1-14-8-9-5-10(13)7-11(6-9)17-12-15-3-2-4-16-12/h2-7,14H,8H2,1H3. The first kappa shape index (κ1) is 12.0. The van der Waals surface area contributed by atoms with Crippen LogP contribution in [0.5, 0.6) is 0 Å². The predicted molar refractivity (Wildman–Crippen MR) is 65.3 cm³/mol. The summed E-state index contributed by atoms with van der Waals surface area (Å²) in [7, 11) is 1.83. The van der Waals surface area contributed by atoms with E-state index in [2.05, 4.69) is 15.3 Å². The van der Waals surface area contributed by atoms with Gasteiger partial charge in [-0.3, -0.25) is 0 Å². The fourth-order valence-electron chi connectivity index (χ4n) is 1.43. The zero-order chi connectivity index (χ0) is 12.1. The van der Waals surface area contributed by atoms with Gasteiger partial charge < -0.3 is 5.32 Å². The van der Waals surface area contributed by atoms with Gasteiger partial charge >= 0.3 is 0 Å². The molecule has 0 amide bonds. The Morgan fingerprint density at radius 1 is 1.24 bits per heavy atom. The average molecular weight is 249 g/mol. The quantitative estimate of drug-likeness (QED) is 0.845. The predicted octanol–water partition coefficient (Wildman–Crippen LogP) is 2.49. The Morgan fingerprint density at radius 2 is 2.00 bits per heavy atom. The third-order valence-electron chi connectivity index (χ3n) is 2.06. The van der Waals surface area contributed by atoms with Crippen molar-refractivity contribution >= 4 is 11.8 Å². The van der Waals surface area contributed by atoms with Crippen molar-refractivity contribution in [1.29, 1.82) is 0 Å². The molecule has 0 fully saturated rings. The number of aromatic nitrogens is 2. The number of hydrogen-bond acceptors (Lipinski definition) is 4. The Labute approximate surface area is 103 Å². The summed E-state index contributed by atoms with van der Waals surface area (Å²) in [5, 5.41) is 3.61. The van der Waals surface area contributed by atoms with Gasteiger partial charge in [0.25, 0.3) is 0 Å². The van der Waals surface area contributed by atoms with Crippen molar-refractivity contribution in [2.45, 2.75) is 16.6 Å². The first-order chi connectivity index (χ1) is 8.28. The second kappa shape index (κ2) is 5.75. The Hall–Kier alpha value is -1.46. The molecule has 0 aliphatic rings. The lowest BCUT2D eigenvalue weighted by Gasteiger charge is -2.04. The Bertz CT molecular complexity index is 490. The van der Waals surface area contributed by atoms with Gasteiger partial charge in [-0.1, -0.05) is 0 Å². The summed E-state index contributed by atoms with van der Waals surface area (Å²) < 4.78 is 13.4. The highest BCUT2D eigenvalue weighted by Gasteiger charge is 2.04. The van der Waals surface area contributed by atoms with Crippen molar-refractivity contribution < 1.29 is 4.39 Å². The van der Waals surface area contributed by atoms with Crippen LogP contribution in [0.3, 0.4) is 0 Å². The highest BCUT2D eigenvalue weighted by atomic mass is 32.2. The van der Waals surface area contributed by atoms with E-state index in [1.165, 1.54) is 23.9 Å². The van der Waals surface area contributed by atoms with Crippen LogP contribution in [-0.4, -0.2) is 17.0 Å². The van der Waals surface area contributed by atoms with E-state index in [1.54, 1.807) is 18.5 Å². The number of benzene rings is 1. The average Bonchev–Trinajstić information content (AvgIpc) is 2.30. The van der Waals surface area contributed by atoms with Crippen LogP contribution in [0.2, 0.25) is 0 Å². The number of halogens is 1. The fourth-order valence-corrected chi connectivity index (χ4v) is 2.25. The smallest absolute Gasteiger partial charge is 0.192 e. The summed E-state index contributed by atoms with van der Waals surface area (Å²) in [4.78, 5) is 8.99. The molecule has 0 aliphatic carbocycles. The first-order valence-electron chi connectivity index (χ1n) is 5.17. The maximum Gasteiger partial charge on any atom is 0.192 e. The summed E-state index contributed by atoms with van der Waals surface area (Å²) >= 11 is 1.35. The van der Waals surface area contributed by atoms with Crippen LogP contribution in [0, 0.1) is 5.82 Å². The third kappa shape index (κ3) is 3.51. The fraction of sp³-hybridized carbons (Fsp3) is 0.167. The monoisotopic (exact) mass is 249 g/mol.